The fraction of sp³-hybridized carbons (Fsp3) is 0.600. The third kappa shape index (κ3) is 3.12. The molecule has 1 aromatic carbocycles. The van der Waals surface area contributed by atoms with E-state index in [1.807, 2.05) is 12.1 Å². The van der Waals surface area contributed by atoms with Crippen LogP contribution in [0.5, 0.6) is 5.75 Å². The first kappa shape index (κ1) is 13.4. The SMILES string of the molecule is Oc1c(Br)cccc1[C@@H](CC1CC1)N1CCNCC1. The monoisotopic (exact) mass is 324 g/mol. The summed E-state index contributed by atoms with van der Waals surface area (Å²) in [6, 6.07) is 6.38. The Bertz CT molecular complexity index is 442. The minimum Gasteiger partial charge on any atom is -0.506 e. The summed E-state index contributed by atoms with van der Waals surface area (Å²) in [6.07, 6.45) is 3.90. The number of rotatable bonds is 4. The molecule has 0 spiro atoms. The minimum absolute atomic E-state index is 0.368. The van der Waals surface area contributed by atoms with E-state index >= 15 is 0 Å². The molecule has 3 nitrogen and oxygen atoms in total. The first-order valence-corrected chi connectivity index (χ1v) is 7.97. The number of phenolic OH excluding ortho intramolecular Hbond substituents is 1. The molecule has 2 aliphatic rings. The number of hydrogen-bond acceptors (Lipinski definition) is 3. The lowest BCUT2D eigenvalue weighted by Gasteiger charge is -2.35. The summed E-state index contributed by atoms with van der Waals surface area (Å²) >= 11 is 3.44. The van der Waals surface area contributed by atoms with E-state index in [4.69, 9.17) is 0 Å². The Balaban J connectivity index is 1.86. The second kappa shape index (κ2) is 5.81. The summed E-state index contributed by atoms with van der Waals surface area (Å²) in [6.45, 7) is 4.25. The van der Waals surface area contributed by atoms with Crippen molar-refractivity contribution in [1.82, 2.24) is 10.2 Å². The van der Waals surface area contributed by atoms with E-state index in [1.54, 1.807) is 0 Å². The zero-order valence-electron chi connectivity index (χ0n) is 11.1. The maximum absolute atomic E-state index is 10.3. The summed E-state index contributed by atoms with van der Waals surface area (Å²) in [5.74, 6) is 1.28. The standard InChI is InChI=1S/C15H21BrN2O/c16-13-3-1-2-12(15(13)19)14(10-11-4-5-11)18-8-6-17-7-9-18/h1-3,11,14,17,19H,4-10H2/t14-/m1/s1. The van der Waals surface area contributed by atoms with Gasteiger partial charge in [0.05, 0.1) is 4.47 Å². The van der Waals surface area contributed by atoms with Crippen molar-refractivity contribution in [3.05, 3.63) is 28.2 Å². The molecule has 2 fully saturated rings. The molecule has 3 rings (SSSR count). The molecule has 1 heterocycles. The molecule has 0 bridgehead atoms. The van der Waals surface area contributed by atoms with Crippen LogP contribution in [0.1, 0.15) is 30.9 Å². The minimum atomic E-state index is 0.368. The molecule has 1 atom stereocenters. The topological polar surface area (TPSA) is 35.5 Å². The van der Waals surface area contributed by atoms with Crippen molar-refractivity contribution in [1.29, 1.82) is 0 Å². The summed E-state index contributed by atoms with van der Waals surface area (Å²) in [4.78, 5) is 2.52. The molecule has 1 saturated carbocycles. The van der Waals surface area contributed by atoms with Crippen LogP contribution < -0.4 is 5.32 Å². The van der Waals surface area contributed by atoms with Crippen molar-refractivity contribution < 1.29 is 5.11 Å². The van der Waals surface area contributed by atoms with E-state index in [0.717, 1.165) is 42.1 Å². The van der Waals surface area contributed by atoms with Gasteiger partial charge in [0.25, 0.3) is 0 Å². The van der Waals surface area contributed by atoms with Crippen molar-refractivity contribution in [3.8, 4) is 5.75 Å². The van der Waals surface area contributed by atoms with Gasteiger partial charge in [-0.1, -0.05) is 25.0 Å². The van der Waals surface area contributed by atoms with Crippen LogP contribution in [0, 0.1) is 5.92 Å². The highest BCUT2D eigenvalue weighted by Gasteiger charge is 2.31. The normalized spacial score (nSPS) is 22.4. The van der Waals surface area contributed by atoms with Gasteiger partial charge in [0.15, 0.2) is 0 Å². The van der Waals surface area contributed by atoms with Crippen LogP contribution in [-0.4, -0.2) is 36.2 Å². The summed E-state index contributed by atoms with van der Waals surface area (Å²) in [7, 11) is 0. The Labute approximate surface area is 123 Å². The number of benzene rings is 1. The predicted octanol–water partition coefficient (Wildman–Crippen LogP) is 2.90. The average molecular weight is 325 g/mol. The zero-order chi connectivity index (χ0) is 13.2. The number of piperazine rings is 1. The van der Waals surface area contributed by atoms with Gasteiger partial charge in [0, 0.05) is 37.8 Å². The molecule has 0 radical (unpaired) electrons. The third-order valence-corrected chi connectivity index (χ3v) is 4.86. The second-order valence-electron chi connectivity index (χ2n) is 5.66. The maximum atomic E-state index is 10.3. The van der Waals surface area contributed by atoms with Gasteiger partial charge in [0.1, 0.15) is 5.75 Å². The average Bonchev–Trinajstić information content (AvgIpc) is 3.25. The Kier molecular flexibility index (Phi) is 4.10. The number of hydrogen-bond donors (Lipinski definition) is 2. The highest BCUT2D eigenvalue weighted by Crippen LogP contribution is 2.43. The first-order valence-electron chi connectivity index (χ1n) is 7.18. The second-order valence-corrected chi connectivity index (χ2v) is 6.51. The highest BCUT2D eigenvalue weighted by molar-refractivity contribution is 9.10. The molecule has 19 heavy (non-hydrogen) atoms. The number of nitrogens with one attached hydrogen (secondary N) is 1. The molecule has 0 aromatic heterocycles. The van der Waals surface area contributed by atoms with Crippen LogP contribution >= 0.6 is 15.9 Å². The highest BCUT2D eigenvalue weighted by atomic mass is 79.9. The van der Waals surface area contributed by atoms with Crippen LogP contribution in [0.2, 0.25) is 0 Å². The van der Waals surface area contributed by atoms with Crippen LogP contribution in [0.3, 0.4) is 0 Å². The summed E-state index contributed by atoms with van der Waals surface area (Å²) < 4.78 is 0.806. The Morgan fingerprint density at radius 2 is 2.05 bits per heavy atom. The van der Waals surface area contributed by atoms with Crippen molar-refractivity contribution in [2.75, 3.05) is 26.2 Å². The number of para-hydroxylation sites is 1. The Morgan fingerprint density at radius 1 is 1.32 bits per heavy atom. The Hall–Kier alpha value is -0.580. The van der Waals surface area contributed by atoms with E-state index in [9.17, 15) is 5.11 Å². The summed E-state index contributed by atoms with van der Waals surface area (Å²) in [5.41, 5.74) is 1.09. The van der Waals surface area contributed by atoms with Crippen molar-refractivity contribution in [3.63, 3.8) is 0 Å². The zero-order valence-corrected chi connectivity index (χ0v) is 12.7. The van der Waals surface area contributed by atoms with E-state index < -0.39 is 0 Å². The number of aromatic hydroxyl groups is 1. The fourth-order valence-corrected chi connectivity index (χ4v) is 3.32. The van der Waals surface area contributed by atoms with Crippen LogP contribution in [0.15, 0.2) is 22.7 Å². The van der Waals surface area contributed by atoms with Crippen molar-refractivity contribution in [2.24, 2.45) is 5.92 Å². The fourth-order valence-electron chi connectivity index (χ4n) is 2.94. The van der Waals surface area contributed by atoms with Crippen LogP contribution in [0.25, 0.3) is 0 Å². The van der Waals surface area contributed by atoms with Gasteiger partial charge in [-0.25, -0.2) is 0 Å². The molecule has 4 heteroatoms. The molecule has 1 saturated heterocycles. The van der Waals surface area contributed by atoms with Crippen LogP contribution in [0.4, 0.5) is 0 Å². The largest absolute Gasteiger partial charge is 0.506 e. The molecule has 1 aliphatic carbocycles. The molecule has 0 unspecified atom stereocenters. The van der Waals surface area contributed by atoms with Crippen molar-refractivity contribution >= 4 is 15.9 Å². The number of nitrogens with zero attached hydrogens (tertiary/aromatic N) is 1. The van der Waals surface area contributed by atoms with E-state index in [0.29, 0.717) is 11.8 Å². The molecule has 104 valence electrons. The van der Waals surface area contributed by atoms with Gasteiger partial charge in [-0.15, -0.1) is 0 Å². The van der Waals surface area contributed by atoms with Gasteiger partial charge in [-0.05, 0) is 34.3 Å². The molecule has 1 aliphatic heterocycles. The first-order chi connectivity index (χ1) is 9.25. The smallest absolute Gasteiger partial charge is 0.134 e. The van der Waals surface area contributed by atoms with Crippen LogP contribution in [-0.2, 0) is 0 Å². The van der Waals surface area contributed by atoms with Gasteiger partial charge in [-0.3, -0.25) is 4.90 Å². The third-order valence-electron chi connectivity index (χ3n) is 4.22. The van der Waals surface area contributed by atoms with Gasteiger partial charge < -0.3 is 10.4 Å². The van der Waals surface area contributed by atoms with E-state index in [2.05, 4.69) is 32.2 Å². The Morgan fingerprint density at radius 3 is 2.74 bits per heavy atom. The predicted molar refractivity (Wildman–Crippen MR) is 80.3 cm³/mol. The molecule has 1 aromatic rings. The van der Waals surface area contributed by atoms with Gasteiger partial charge >= 0.3 is 0 Å². The van der Waals surface area contributed by atoms with E-state index in [-0.39, 0.29) is 0 Å². The number of phenols is 1. The lowest BCUT2D eigenvalue weighted by Crippen LogP contribution is -2.45. The molecule has 0 amide bonds. The quantitative estimate of drug-likeness (QED) is 0.893. The summed E-state index contributed by atoms with van der Waals surface area (Å²) in [5, 5.41) is 13.7. The van der Waals surface area contributed by atoms with Crippen molar-refractivity contribution in [2.45, 2.75) is 25.3 Å². The molecular weight excluding hydrogens is 304 g/mol. The maximum Gasteiger partial charge on any atom is 0.134 e. The molecule has 2 N–H and O–H groups in total. The van der Waals surface area contributed by atoms with Gasteiger partial charge in [-0.2, -0.15) is 0 Å². The lowest BCUT2D eigenvalue weighted by molar-refractivity contribution is 0.158. The lowest BCUT2D eigenvalue weighted by atomic mass is 9.98. The van der Waals surface area contributed by atoms with E-state index in [1.165, 1.54) is 19.3 Å². The molecular formula is C15H21BrN2O. The van der Waals surface area contributed by atoms with Gasteiger partial charge in [0.2, 0.25) is 0 Å². The number of halogens is 1.